The summed E-state index contributed by atoms with van der Waals surface area (Å²) in [7, 11) is -1.75. The summed E-state index contributed by atoms with van der Waals surface area (Å²) in [5, 5.41) is 0. The Bertz CT molecular complexity index is 857. The molecule has 0 fully saturated rings. The van der Waals surface area contributed by atoms with Gasteiger partial charge in [-0.2, -0.15) is 0 Å². The number of amides is 1. The summed E-state index contributed by atoms with van der Waals surface area (Å²) >= 11 is 0. The van der Waals surface area contributed by atoms with Crippen LogP contribution < -0.4 is 0 Å². The molecule has 0 unspecified atom stereocenters. The van der Waals surface area contributed by atoms with Crippen molar-refractivity contribution < 1.29 is 17.6 Å². The SMILES string of the molecule is CN(Cc1ccc(F)cc1)C(=O)C1=CN2CCS(=O)(=O)N=C2C=C1. The largest absolute Gasteiger partial charge is 0.337 e. The van der Waals surface area contributed by atoms with Gasteiger partial charge >= 0.3 is 0 Å². The molecule has 2 aliphatic heterocycles. The van der Waals surface area contributed by atoms with E-state index in [0.29, 0.717) is 18.0 Å². The fraction of sp³-hybridized carbons (Fsp3) is 0.250. The molecule has 1 aromatic rings. The van der Waals surface area contributed by atoms with Crippen molar-refractivity contribution in [3.05, 3.63) is 59.6 Å². The van der Waals surface area contributed by atoms with Crippen molar-refractivity contribution in [2.75, 3.05) is 19.3 Å². The van der Waals surface area contributed by atoms with Crippen LogP contribution in [0.3, 0.4) is 0 Å². The minimum absolute atomic E-state index is 0.0757. The van der Waals surface area contributed by atoms with Gasteiger partial charge in [0.1, 0.15) is 11.7 Å². The van der Waals surface area contributed by atoms with E-state index in [1.165, 1.54) is 23.1 Å². The minimum atomic E-state index is -3.41. The number of amidine groups is 1. The van der Waals surface area contributed by atoms with E-state index in [1.54, 1.807) is 36.4 Å². The molecule has 0 N–H and O–H groups in total. The van der Waals surface area contributed by atoms with E-state index in [0.717, 1.165) is 5.56 Å². The van der Waals surface area contributed by atoms with Crippen LogP contribution in [-0.2, 0) is 21.4 Å². The van der Waals surface area contributed by atoms with Gasteiger partial charge in [0.05, 0.1) is 11.3 Å². The molecular weight excluding hydrogens is 333 g/mol. The molecule has 3 rings (SSSR count). The lowest BCUT2D eigenvalue weighted by Gasteiger charge is -2.28. The standard InChI is InChI=1S/C16H16FN3O3S/c1-19(10-12-2-5-14(17)6-3-12)16(21)13-4-7-15-18-24(22,23)9-8-20(15)11-13/h2-7,11H,8-10H2,1H3. The van der Waals surface area contributed by atoms with Gasteiger partial charge in [-0.05, 0) is 29.8 Å². The van der Waals surface area contributed by atoms with Gasteiger partial charge in [0, 0.05) is 26.3 Å². The third kappa shape index (κ3) is 3.53. The summed E-state index contributed by atoms with van der Waals surface area (Å²) in [5.74, 6) is -0.284. The van der Waals surface area contributed by atoms with E-state index in [4.69, 9.17) is 0 Å². The first kappa shape index (κ1) is 16.4. The molecule has 0 spiro atoms. The first-order valence-electron chi connectivity index (χ1n) is 7.33. The summed E-state index contributed by atoms with van der Waals surface area (Å²) in [5.41, 5.74) is 1.26. The molecular formula is C16H16FN3O3S. The van der Waals surface area contributed by atoms with Gasteiger partial charge in [-0.15, -0.1) is 4.40 Å². The summed E-state index contributed by atoms with van der Waals surface area (Å²) in [6, 6.07) is 5.96. The predicted octanol–water partition coefficient (Wildman–Crippen LogP) is 1.28. The van der Waals surface area contributed by atoms with E-state index in [2.05, 4.69) is 4.40 Å². The van der Waals surface area contributed by atoms with Crippen molar-refractivity contribution >= 4 is 21.8 Å². The maximum atomic E-state index is 12.9. The number of hydrogen-bond acceptors (Lipinski definition) is 4. The Morgan fingerprint density at radius 2 is 2.00 bits per heavy atom. The Kier molecular flexibility index (Phi) is 4.23. The lowest BCUT2D eigenvalue weighted by atomic mass is 10.1. The maximum absolute atomic E-state index is 12.9. The van der Waals surface area contributed by atoms with Gasteiger partial charge in [0.15, 0.2) is 0 Å². The smallest absolute Gasteiger partial charge is 0.256 e. The fourth-order valence-electron chi connectivity index (χ4n) is 2.48. The first-order chi connectivity index (χ1) is 11.3. The van der Waals surface area contributed by atoms with Crippen LogP contribution in [0.2, 0.25) is 0 Å². The average Bonchev–Trinajstić information content (AvgIpc) is 2.55. The molecule has 0 bridgehead atoms. The van der Waals surface area contributed by atoms with E-state index >= 15 is 0 Å². The Hall–Kier alpha value is -2.48. The third-order valence-corrected chi connectivity index (χ3v) is 4.91. The summed E-state index contributed by atoms with van der Waals surface area (Å²) in [4.78, 5) is 15.7. The van der Waals surface area contributed by atoms with Gasteiger partial charge in [0.25, 0.3) is 15.9 Å². The molecule has 0 saturated carbocycles. The van der Waals surface area contributed by atoms with Crippen LogP contribution >= 0.6 is 0 Å². The Morgan fingerprint density at radius 3 is 2.71 bits per heavy atom. The van der Waals surface area contributed by atoms with Crippen molar-refractivity contribution in [2.24, 2.45) is 4.40 Å². The Morgan fingerprint density at radius 1 is 1.29 bits per heavy atom. The zero-order valence-electron chi connectivity index (χ0n) is 13.0. The van der Waals surface area contributed by atoms with Crippen LogP contribution in [0.5, 0.6) is 0 Å². The topological polar surface area (TPSA) is 70.1 Å². The van der Waals surface area contributed by atoms with Gasteiger partial charge in [-0.1, -0.05) is 12.1 Å². The van der Waals surface area contributed by atoms with Crippen LogP contribution in [0.25, 0.3) is 0 Å². The molecule has 0 saturated heterocycles. The number of nitrogens with zero attached hydrogens (tertiary/aromatic N) is 3. The summed E-state index contributed by atoms with van der Waals surface area (Å²) in [6.07, 6.45) is 4.69. The van der Waals surface area contributed by atoms with E-state index in [-0.39, 0.29) is 24.0 Å². The average molecular weight is 349 g/mol. The van der Waals surface area contributed by atoms with Gasteiger partial charge < -0.3 is 9.80 Å². The van der Waals surface area contributed by atoms with Crippen molar-refractivity contribution in [1.82, 2.24) is 9.80 Å². The van der Waals surface area contributed by atoms with Crippen molar-refractivity contribution in [3.63, 3.8) is 0 Å². The molecule has 126 valence electrons. The number of halogens is 1. The highest BCUT2D eigenvalue weighted by atomic mass is 32.2. The minimum Gasteiger partial charge on any atom is -0.337 e. The quantitative estimate of drug-likeness (QED) is 0.824. The highest BCUT2D eigenvalue weighted by molar-refractivity contribution is 7.90. The Labute approximate surface area is 139 Å². The van der Waals surface area contributed by atoms with Crippen molar-refractivity contribution in [1.29, 1.82) is 0 Å². The normalized spacial score (nSPS) is 18.5. The fourth-order valence-corrected chi connectivity index (χ4v) is 3.45. The molecule has 1 aromatic carbocycles. The molecule has 0 radical (unpaired) electrons. The summed E-state index contributed by atoms with van der Waals surface area (Å²) < 4.78 is 39.6. The predicted molar refractivity (Wildman–Crippen MR) is 88.0 cm³/mol. The highest BCUT2D eigenvalue weighted by Gasteiger charge is 2.25. The second-order valence-corrected chi connectivity index (χ2v) is 7.39. The second kappa shape index (κ2) is 6.20. The molecule has 24 heavy (non-hydrogen) atoms. The van der Waals surface area contributed by atoms with Crippen LogP contribution in [0.15, 0.2) is 52.6 Å². The monoisotopic (exact) mass is 349 g/mol. The first-order valence-corrected chi connectivity index (χ1v) is 8.94. The van der Waals surface area contributed by atoms with Crippen molar-refractivity contribution in [3.8, 4) is 0 Å². The zero-order valence-corrected chi connectivity index (χ0v) is 13.8. The van der Waals surface area contributed by atoms with E-state index in [1.807, 2.05) is 0 Å². The zero-order chi connectivity index (χ0) is 17.3. The van der Waals surface area contributed by atoms with Crippen molar-refractivity contribution in [2.45, 2.75) is 6.54 Å². The van der Waals surface area contributed by atoms with E-state index < -0.39 is 10.0 Å². The lowest BCUT2D eigenvalue weighted by Crippen LogP contribution is -2.38. The number of sulfonamides is 1. The van der Waals surface area contributed by atoms with Crippen LogP contribution in [-0.4, -0.2) is 49.3 Å². The number of hydrogen-bond donors (Lipinski definition) is 0. The number of rotatable bonds is 3. The molecule has 1 amide bonds. The van der Waals surface area contributed by atoms with Crippen LogP contribution in [0, 0.1) is 5.82 Å². The summed E-state index contributed by atoms with van der Waals surface area (Å²) in [6.45, 7) is 0.615. The van der Waals surface area contributed by atoms with Gasteiger partial charge in [0.2, 0.25) is 0 Å². The van der Waals surface area contributed by atoms with Crippen LogP contribution in [0.1, 0.15) is 5.56 Å². The maximum Gasteiger partial charge on any atom is 0.256 e. The molecule has 6 nitrogen and oxygen atoms in total. The third-order valence-electron chi connectivity index (χ3n) is 3.75. The van der Waals surface area contributed by atoms with Gasteiger partial charge in [-0.25, -0.2) is 12.8 Å². The number of carbonyl (C=O) groups is 1. The Balaban J connectivity index is 1.73. The van der Waals surface area contributed by atoms with Gasteiger partial charge in [-0.3, -0.25) is 4.79 Å². The molecule has 2 aliphatic rings. The van der Waals surface area contributed by atoms with E-state index in [9.17, 15) is 17.6 Å². The molecule has 0 aromatic heterocycles. The lowest BCUT2D eigenvalue weighted by molar-refractivity contribution is -0.126. The second-order valence-electron chi connectivity index (χ2n) is 5.63. The number of benzene rings is 1. The number of carbonyl (C=O) groups excluding carboxylic acids is 1. The molecule has 0 atom stereocenters. The van der Waals surface area contributed by atoms with Crippen LogP contribution in [0.4, 0.5) is 4.39 Å². The number of likely N-dealkylation sites (N-methyl/N-ethyl adjacent to an activating group) is 1. The highest BCUT2D eigenvalue weighted by Crippen LogP contribution is 2.17. The molecule has 8 heteroatoms. The number of fused-ring (bicyclic) bond motifs is 1. The molecule has 0 aliphatic carbocycles. The molecule has 2 heterocycles.